The number of hydrogen-bond donors (Lipinski definition) is 0. The van der Waals surface area contributed by atoms with Gasteiger partial charge in [-0.2, -0.15) is 10.2 Å². The third-order valence-corrected chi connectivity index (χ3v) is 3.79. The van der Waals surface area contributed by atoms with E-state index in [2.05, 4.69) is 23.9 Å². The fraction of sp³-hybridized carbons (Fsp3) is 0.412. The Morgan fingerprint density at radius 1 is 1.12 bits per heavy atom. The Labute approximate surface area is 141 Å². The maximum atomic E-state index is 5.23. The molecule has 1 atom stereocenters. The van der Waals surface area contributed by atoms with E-state index >= 15 is 0 Å². The summed E-state index contributed by atoms with van der Waals surface area (Å²) in [7, 11) is 1.66. The minimum Gasteiger partial charge on any atom is -0.497 e. The molecule has 0 amide bonds. The van der Waals surface area contributed by atoms with Crippen LogP contribution in [-0.4, -0.2) is 36.6 Å². The predicted molar refractivity (Wildman–Crippen MR) is 90.3 cm³/mol. The summed E-state index contributed by atoms with van der Waals surface area (Å²) in [5, 5.41) is 8.94. The molecule has 2 aromatic heterocycles. The molecule has 126 valence electrons. The zero-order valence-electron chi connectivity index (χ0n) is 14.4. The molecule has 2 heterocycles. The van der Waals surface area contributed by atoms with Gasteiger partial charge >= 0.3 is 0 Å². The van der Waals surface area contributed by atoms with Crippen LogP contribution in [0.15, 0.2) is 36.9 Å². The van der Waals surface area contributed by atoms with Crippen molar-refractivity contribution in [1.29, 1.82) is 0 Å². The molecule has 0 aliphatic heterocycles. The molecule has 3 aromatic rings. The van der Waals surface area contributed by atoms with Crippen molar-refractivity contribution in [1.82, 2.24) is 29.5 Å². The lowest BCUT2D eigenvalue weighted by Crippen LogP contribution is -2.14. The number of hydrogen-bond acceptors (Lipinski definition) is 5. The lowest BCUT2D eigenvalue weighted by atomic mass is 10.1. The van der Waals surface area contributed by atoms with Crippen LogP contribution in [0.25, 0.3) is 5.69 Å². The quantitative estimate of drug-likeness (QED) is 0.696. The van der Waals surface area contributed by atoms with Crippen molar-refractivity contribution in [3.8, 4) is 11.4 Å². The van der Waals surface area contributed by atoms with Gasteiger partial charge in [-0.1, -0.05) is 13.8 Å². The molecule has 0 spiro atoms. The smallest absolute Gasteiger partial charge is 0.157 e. The number of rotatable bonds is 6. The molecule has 0 radical (unpaired) electrons. The molecule has 3 rings (SSSR count). The van der Waals surface area contributed by atoms with Gasteiger partial charge in [-0.15, -0.1) is 0 Å². The summed E-state index contributed by atoms with van der Waals surface area (Å²) in [5.74, 6) is 2.97. The van der Waals surface area contributed by atoms with Crippen LogP contribution in [-0.2, 0) is 6.42 Å². The lowest BCUT2D eigenvalue weighted by Gasteiger charge is -2.12. The van der Waals surface area contributed by atoms with Crippen molar-refractivity contribution in [2.45, 2.75) is 33.2 Å². The molecule has 24 heavy (non-hydrogen) atoms. The average Bonchev–Trinajstić information content (AvgIpc) is 3.23. The fourth-order valence-electron chi connectivity index (χ4n) is 2.54. The van der Waals surface area contributed by atoms with Gasteiger partial charge in [0.1, 0.15) is 24.4 Å². The van der Waals surface area contributed by atoms with Crippen LogP contribution in [0.5, 0.6) is 5.75 Å². The van der Waals surface area contributed by atoms with Gasteiger partial charge < -0.3 is 4.74 Å². The minimum atomic E-state index is -0.0667. The standard InChI is InChI=1S/C17H22N6O/c1-12(2)9-16-20-17(13(3)22-11-18-10-19-22)23(21-16)14-5-7-15(24-4)8-6-14/h5-8,10-13H,9H2,1-4H3/t13-/m1/s1. The first-order valence-corrected chi connectivity index (χ1v) is 8.03. The normalized spacial score (nSPS) is 12.5. The zero-order valence-corrected chi connectivity index (χ0v) is 14.4. The third kappa shape index (κ3) is 3.29. The van der Waals surface area contributed by atoms with Crippen molar-refractivity contribution in [3.63, 3.8) is 0 Å². The Balaban J connectivity index is 2.03. The van der Waals surface area contributed by atoms with Gasteiger partial charge in [0, 0.05) is 6.42 Å². The molecule has 0 saturated heterocycles. The van der Waals surface area contributed by atoms with Crippen LogP contribution < -0.4 is 4.74 Å². The van der Waals surface area contributed by atoms with Crippen LogP contribution in [0, 0.1) is 5.92 Å². The molecule has 1 aromatic carbocycles. The van der Waals surface area contributed by atoms with Crippen LogP contribution in [0.3, 0.4) is 0 Å². The summed E-state index contributed by atoms with van der Waals surface area (Å²) in [6.45, 7) is 6.36. The predicted octanol–water partition coefficient (Wildman–Crippen LogP) is 2.68. The van der Waals surface area contributed by atoms with Crippen LogP contribution >= 0.6 is 0 Å². The Bertz CT molecular complexity index is 776. The van der Waals surface area contributed by atoms with E-state index in [9.17, 15) is 0 Å². The summed E-state index contributed by atoms with van der Waals surface area (Å²) < 4.78 is 8.89. The highest BCUT2D eigenvalue weighted by Crippen LogP contribution is 2.21. The molecule has 0 unspecified atom stereocenters. The van der Waals surface area contributed by atoms with E-state index < -0.39 is 0 Å². The van der Waals surface area contributed by atoms with Crippen LogP contribution in [0.1, 0.15) is 38.5 Å². The van der Waals surface area contributed by atoms with Gasteiger partial charge in [-0.3, -0.25) is 0 Å². The number of ether oxygens (including phenoxy) is 1. The first-order valence-electron chi connectivity index (χ1n) is 8.03. The van der Waals surface area contributed by atoms with E-state index in [1.165, 1.54) is 6.33 Å². The minimum absolute atomic E-state index is 0.0667. The van der Waals surface area contributed by atoms with E-state index in [4.69, 9.17) is 14.8 Å². The van der Waals surface area contributed by atoms with Gasteiger partial charge in [0.2, 0.25) is 0 Å². The van der Waals surface area contributed by atoms with Crippen LogP contribution in [0.2, 0.25) is 0 Å². The van der Waals surface area contributed by atoms with Crippen molar-refractivity contribution in [3.05, 3.63) is 48.6 Å². The second-order valence-electron chi connectivity index (χ2n) is 6.15. The SMILES string of the molecule is COc1ccc(-n2nc(CC(C)C)nc2[C@@H](C)n2cncn2)cc1. The zero-order chi connectivity index (χ0) is 17.1. The maximum Gasteiger partial charge on any atom is 0.157 e. The molecule has 0 N–H and O–H groups in total. The summed E-state index contributed by atoms with van der Waals surface area (Å²) >= 11 is 0. The van der Waals surface area contributed by atoms with E-state index in [1.54, 1.807) is 18.1 Å². The first kappa shape index (κ1) is 16.2. The second kappa shape index (κ2) is 6.82. The molecule has 0 saturated carbocycles. The second-order valence-corrected chi connectivity index (χ2v) is 6.15. The monoisotopic (exact) mass is 326 g/mol. The van der Waals surface area contributed by atoms with Crippen molar-refractivity contribution in [2.75, 3.05) is 7.11 Å². The van der Waals surface area contributed by atoms with E-state index in [0.29, 0.717) is 5.92 Å². The summed E-state index contributed by atoms with van der Waals surface area (Å²) in [5.41, 5.74) is 0.945. The lowest BCUT2D eigenvalue weighted by molar-refractivity contribution is 0.414. The number of benzene rings is 1. The van der Waals surface area contributed by atoms with E-state index in [1.807, 2.05) is 35.9 Å². The maximum absolute atomic E-state index is 5.23. The van der Waals surface area contributed by atoms with Gasteiger partial charge in [0.15, 0.2) is 11.6 Å². The summed E-state index contributed by atoms with van der Waals surface area (Å²) in [6, 6.07) is 7.73. The largest absolute Gasteiger partial charge is 0.497 e. The summed E-state index contributed by atoms with van der Waals surface area (Å²) in [6.07, 6.45) is 4.06. The van der Waals surface area contributed by atoms with Gasteiger partial charge in [-0.05, 0) is 37.1 Å². The Kier molecular flexibility index (Phi) is 4.59. The molecule has 0 fully saturated rings. The molecule has 0 aliphatic rings. The average molecular weight is 326 g/mol. The molecular formula is C17H22N6O. The highest BCUT2D eigenvalue weighted by atomic mass is 16.5. The van der Waals surface area contributed by atoms with Crippen LogP contribution in [0.4, 0.5) is 0 Å². The van der Waals surface area contributed by atoms with E-state index in [0.717, 1.165) is 29.5 Å². The third-order valence-electron chi connectivity index (χ3n) is 3.79. The number of aromatic nitrogens is 6. The highest BCUT2D eigenvalue weighted by molar-refractivity contribution is 5.37. The molecule has 0 aliphatic carbocycles. The topological polar surface area (TPSA) is 70.7 Å². The highest BCUT2D eigenvalue weighted by Gasteiger charge is 2.20. The van der Waals surface area contributed by atoms with Crippen molar-refractivity contribution < 1.29 is 4.74 Å². The van der Waals surface area contributed by atoms with Crippen molar-refractivity contribution in [2.24, 2.45) is 5.92 Å². The molecule has 7 nitrogen and oxygen atoms in total. The van der Waals surface area contributed by atoms with Crippen molar-refractivity contribution >= 4 is 0 Å². The van der Waals surface area contributed by atoms with Gasteiger partial charge in [0.25, 0.3) is 0 Å². The molecule has 7 heteroatoms. The first-order chi connectivity index (χ1) is 11.6. The van der Waals surface area contributed by atoms with E-state index in [-0.39, 0.29) is 6.04 Å². The van der Waals surface area contributed by atoms with Gasteiger partial charge in [-0.25, -0.2) is 19.3 Å². The Hall–Kier alpha value is -2.70. The molecule has 0 bridgehead atoms. The Morgan fingerprint density at radius 3 is 2.46 bits per heavy atom. The van der Waals surface area contributed by atoms with Gasteiger partial charge in [0.05, 0.1) is 12.8 Å². The fourth-order valence-corrected chi connectivity index (χ4v) is 2.54. The molecular weight excluding hydrogens is 304 g/mol. The Morgan fingerprint density at radius 2 is 1.88 bits per heavy atom. The number of methoxy groups -OCH3 is 1. The summed E-state index contributed by atoms with van der Waals surface area (Å²) in [4.78, 5) is 8.78. The number of nitrogens with zero attached hydrogens (tertiary/aromatic N) is 6.